The molecule has 0 N–H and O–H groups in total. The normalized spacial score (nSPS) is 19.1. The lowest BCUT2D eigenvalue weighted by atomic mass is 9.89. The molecule has 5 nitrogen and oxygen atoms in total. The molecule has 0 bridgehead atoms. The summed E-state index contributed by atoms with van der Waals surface area (Å²) >= 11 is 0. The van der Waals surface area contributed by atoms with E-state index in [4.69, 9.17) is 4.74 Å². The molecule has 0 fully saturated rings. The second-order valence-electron chi connectivity index (χ2n) is 7.40. The van der Waals surface area contributed by atoms with Gasteiger partial charge in [0.25, 0.3) is 5.92 Å². The van der Waals surface area contributed by atoms with Gasteiger partial charge in [-0.15, -0.1) is 0 Å². The standard InChI is InChI=1S/C20H18F8N2O3/c1-32-13(19(23,24)25)8-10-30-12-7-9-18(21,22)16(14(12)15(29-30)20(26,27)28)33-17(31)11-5-3-2-4-6-11/h2-6,13,16H,7-10H2,1H3/t13?,16-/m0/s1. The van der Waals surface area contributed by atoms with Gasteiger partial charge in [0.1, 0.15) is 0 Å². The van der Waals surface area contributed by atoms with Gasteiger partial charge in [0.05, 0.1) is 11.1 Å². The van der Waals surface area contributed by atoms with Crippen molar-refractivity contribution in [1.82, 2.24) is 9.78 Å². The molecule has 1 aliphatic rings. The van der Waals surface area contributed by atoms with Crippen molar-refractivity contribution in [3.05, 3.63) is 52.8 Å². The number of ether oxygens (including phenoxy) is 2. The first-order chi connectivity index (χ1) is 15.3. The van der Waals surface area contributed by atoms with Gasteiger partial charge in [-0.05, 0) is 18.6 Å². The van der Waals surface area contributed by atoms with Gasteiger partial charge >= 0.3 is 18.3 Å². The van der Waals surface area contributed by atoms with Crippen molar-refractivity contribution < 1.29 is 49.4 Å². The summed E-state index contributed by atoms with van der Waals surface area (Å²) in [5.41, 5.74) is -3.31. The molecule has 1 aliphatic carbocycles. The Labute approximate surface area is 182 Å². The Morgan fingerprint density at radius 3 is 2.36 bits per heavy atom. The van der Waals surface area contributed by atoms with E-state index in [9.17, 15) is 39.9 Å². The van der Waals surface area contributed by atoms with E-state index in [-0.39, 0.29) is 11.3 Å². The van der Waals surface area contributed by atoms with Crippen LogP contribution >= 0.6 is 0 Å². The highest BCUT2D eigenvalue weighted by Crippen LogP contribution is 2.48. The van der Waals surface area contributed by atoms with Gasteiger partial charge in [0.15, 0.2) is 17.9 Å². The highest BCUT2D eigenvalue weighted by atomic mass is 19.4. The Kier molecular flexibility index (Phi) is 6.74. The zero-order valence-corrected chi connectivity index (χ0v) is 17.0. The molecule has 13 heteroatoms. The van der Waals surface area contributed by atoms with Crippen LogP contribution in [0.2, 0.25) is 0 Å². The third-order valence-electron chi connectivity index (χ3n) is 5.19. The van der Waals surface area contributed by atoms with Gasteiger partial charge in [-0.25, -0.2) is 13.6 Å². The molecular formula is C20H18F8N2O3. The number of fused-ring (bicyclic) bond motifs is 1. The number of hydrogen-bond donors (Lipinski definition) is 0. The second kappa shape index (κ2) is 8.92. The molecule has 1 unspecified atom stereocenters. The first-order valence-electron chi connectivity index (χ1n) is 9.66. The highest BCUT2D eigenvalue weighted by molar-refractivity contribution is 5.89. The van der Waals surface area contributed by atoms with E-state index in [2.05, 4.69) is 9.84 Å². The van der Waals surface area contributed by atoms with Crippen molar-refractivity contribution in [2.45, 2.75) is 56.3 Å². The molecule has 1 aromatic heterocycles. The van der Waals surface area contributed by atoms with Crippen molar-refractivity contribution in [3.8, 4) is 0 Å². The summed E-state index contributed by atoms with van der Waals surface area (Å²) in [5.74, 6) is -5.13. The Morgan fingerprint density at radius 1 is 1.18 bits per heavy atom. The van der Waals surface area contributed by atoms with Crippen molar-refractivity contribution in [3.63, 3.8) is 0 Å². The van der Waals surface area contributed by atoms with E-state index in [1.165, 1.54) is 30.3 Å². The molecule has 1 heterocycles. The van der Waals surface area contributed by atoms with E-state index >= 15 is 0 Å². The molecule has 0 aliphatic heterocycles. The van der Waals surface area contributed by atoms with Crippen LogP contribution in [0.5, 0.6) is 0 Å². The topological polar surface area (TPSA) is 53.4 Å². The second-order valence-corrected chi connectivity index (χ2v) is 7.40. The monoisotopic (exact) mass is 486 g/mol. The lowest BCUT2D eigenvalue weighted by Crippen LogP contribution is -2.36. The van der Waals surface area contributed by atoms with Gasteiger partial charge in [-0.3, -0.25) is 4.68 Å². The SMILES string of the molecule is COC(CCn1nc(C(F)(F)F)c2c1CCC(F)(F)[C@H]2OC(=O)c1ccccc1)C(F)(F)F. The molecule has 0 saturated heterocycles. The maximum absolute atomic E-state index is 14.7. The number of methoxy groups -OCH3 is 1. The number of halogens is 8. The lowest BCUT2D eigenvalue weighted by Gasteiger charge is -2.32. The Balaban J connectivity index is 2.01. The van der Waals surface area contributed by atoms with Crippen LogP contribution in [0, 0.1) is 0 Å². The van der Waals surface area contributed by atoms with Crippen LogP contribution in [0.3, 0.4) is 0 Å². The maximum Gasteiger partial charge on any atom is 0.435 e. The fourth-order valence-corrected chi connectivity index (χ4v) is 3.62. The number of esters is 1. The predicted octanol–water partition coefficient (Wildman–Crippen LogP) is 5.35. The molecule has 0 amide bonds. The van der Waals surface area contributed by atoms with E-state index in [1.54, 1.807) is 0 Å². The first-order valence-corrected chi connectivity index (χ1v) is 9.66. The summed E-state index contributed by atoms with van der Waals surface area (Å²) in [6, 6.07) is 6.82. The van der Waals surface area contributed by atoms with Crippen molar-refractivity contribution in [1.29, 1.82) is 0 Å². The number of alkyl halides is 8. The first kappa shape index (κ1) is 24.9. The predicted molar refractivity (Wildman–Crippen MR) is 96.6 cm³/mol. The number of aryl methyl sites for hydroxylation is 1. The molecule has 0 radical (unpaired) electrons. The van der Waals surface area contributed by atoms with E-state index in [1.807, 2.05) is 0 Å². The molecule has 0 spiro atoms. The molecule has 2 atom stereocenters. The molecule has 2 aromatic rings. The van der Waals surface area contributed by atoms with Gasteiger partial charge < -0.3 is 9.47 Å². The van der Waals surface area contributed by atoms with E-state index in [0.29, 0.717) is 4.68 Å². The Morgan fingerprint density at radius 2 is 1.82 bits per heavy atom. The van der Waals surface area contributed by atoms with E-state index in [0.717, 1.165) is 7.11 Å². The van der Waals surface area contributed by atoms with Gasteiger partial charge in [-0.2, -0.15) is 31.4 Å². The summed E-state index contributed by atoms with van der Waals surface area (Å²) in [6.45, 7) is -0.679. The van der Waals surface area contributed by atoms with Crippen LogP contribution in [0.1, 0.15) is 46.3 Å². The van der Waals surface area contributed by atoms with Crippen LogP contribution in [0.15, 0.2) is 30.3 Å². The largest absolute Gasteiger partial charge is 0.447 e. The zero-order chi connectivity index (χ0) is 24.6. The number of benzene rings is 1. The van der Waals surface area contributed by atoms with E-state index < -0.39 is 73.5 Å². The van der Waals surface area contributed by atoms with Crippen LogP contribution in [-0.4, -0.2) is 41.1 Å². The Bertz CT molecular complexity index is 986. The van der Waals surface area contributed by atoms with Gasteiger partial charge in [-0.1, -0.05) is 18.2 Å². The highest BCUT2D eigenvalue weighted by Gasteiger charge is 2.54. The lowest BCUT2D eigenvalue weighted by molar-refractivity contribution is -0.215. The maximum atomic E-state index is 14.7. The minimum atomic E-state index is -5.22. The third-order valence-corrected chi connectivity index (χ3v) is 5.19. The fraction of sp³-hybridized carbons (Fsp3) is 0.500. The van der Waals surface area contributed by atoms with Crippen LogP contribution in [-0.2, 0) is 28.6 Å². The number of nitrogens with zero attached hydrogens (tertiary/aromatic N) is 2. The fourth-order valence-electron chi connectivity index (χ4n) is 3.62. The molecule has 3 rings (SSSR count). The number of aromatic nitrogens is 2. The summed E-state index contributed by atoms with van der Waals surface area (Å²) in [4.78, 5) is 12.3. The number of rotatable bonds is 6. The molecule has 0 saturated carbocycles. The smallest absolute Gasteiger partial charge is 0.435 e. The van der Waals surface area contributed by atoms with Gasteiger partial charge in [0.2, 0.25) is 0 Å². The molecule has 1 aromatic carbocycles. The average Bonchev–Trinajstić information content (AvgIpc) is 3.09. The molecular weight excluding hydrogens is 468 g/mol. The minimum absolute atomic E-state index is 0.158. The summed E-state index contributed by atoms with van der Waals surface area (Å²) < 4.78 is 119. The third kappa shape index (κ3) is 5.28. The van der Waals surface area contributed by atoms with Crippen LogP contribution in [0.4, 0.5) is 35.1 Å². The van der Waals surface area contributed by atoms with Crippen molar-refractivity contribution >= 4 is 5.97 Å². The van der Waals surface area contributed by atoms with Crippen LogP contribution in [0.25, 0.3) is 0 Å². The zero-order valence-electron chi connectivity index (χ0n) is 17.0. The number of carbonyl (C=O) groups excluding carboxylic acids is 1. The average molecular weight is 486 g/mol. The summed E-state index contributed by atoms with van der Waals surface area (Å²) in [6.07, 6.45) is -17.3. The summed E-state index contributed by atoms with van der Waals surface area (Å²) in [5, 5.41) is 3.29. The molecule has 182 valence electrons. The van der Waals surface area contributed by atoms with Crippen molar-refractivity contribution in [2.24, 2.45) is 0 Å². The van der Waals surface area contributed by atoms with Crippen LogP contribution < -0.4 is 0 Å². The number of hydrogen-bond acceptors (Lipinski definition) is 4. The summed E-state index contributed by atoms with van der Waals surface area (Å²) in [7, 11) is 0.789. The van der Waals surface area contributed by atoms with Crippen molar-refractivity contribution in [2.75, 3.05) is 7.11 Å². The van der Waals surface area contributed by atoms with Gasteiger partial charge in [0, 0.05) is 32.2 Å². The quantitative estimate of drug-likeness (QED) is 0.408. The molecule has 33 heavy (non-hydrogen) atoms. The Hall–Kier alpha value is -2.70. The minimum Gasteiger partial charge on any atom is -0.447 e. The number of carbonyl (C=O) groups is 1.